The molecule has 2 unspecified atom stereocenters. The summed E-state index contributed by atoms with van der Waals surface area (Å²) in [5.74, 6) is -0.0361. The number of aliphatic hydroxyl groups excluding tert-OH is 2. The lowest BCUT2D eigenvalue weighted by atomic mass is 10.0. The first kappa shape index (κ1) is 62.3. The van der Waals surface area contributed by atoms with Gasteiger partial charge < -0.3 is 20.3 Å². The van der Waals surface area contributed by atoms with E-state index in [0.29, 0.717) is 25.9 Å². The number of amides is 1. The lowest BCUT2D eigenvalue weighted by molar-refractivity contribution is -0.143. The van der Waals surface area contributed by atoms with Gasteiger partial charge in [0.1, 0.15) is 0 Å². The number of allylic oxidation sites excluding steroid dienone is 4. The van der Waals surface area contributed by atoms with Crippen LogP contribution in [0.4, 0.5) is 0 Å². The van der Waals surface area contributed by atoms with Gasteiger partial charge in [-0.3, -0.25) is 9.59 Å². The summed E-state index contributed by atoms with van der Waals surface area (Å²) >= 11 is 0. The maximum absolute atomic E-state index is 12.4. The van der Waals surface area contributed by atoms with Crippen LogP contribution in [-0.4, -0.2) is 47.4 Å². The molecule has 6 nitrogen and oxygen atoms in total. The maximum atomic E-state index is 12.4. The molecule has 0 aliphatic heterocycles. The van der Waals surface area contributed by atoms with Gasteiger partial charge in [-0.15, -0.1) is 0 Å². The van der Waals surface area contributed by atoms with Crippen LogP contribution in [0, 0.1) is 0 Å². The number of aliphatic hydroxyl groups is 2. The summed E-state index contributed by atoms with van der Waals surface area (Å²) in [6.45, 7) is 4.88. The lowest BCUT2D eigenvalue weighted by Gasteiger charge is -2.22. The van der Waals surface area contributed by atoms with E-state index in [0.717, 1.165) is 51.4 Å². The first-order valence-corrected chi connectivity index (χ1v) is 28.6. The molecule has 0 aliphatic carbocycles. The molecule has 378 valence electrons. The number of hydrogen-bond donors (Lipinski definition) is 3. The second kappa shape index (κ2) is 54.0. The summed E-state index contributed by atoms with van der Waals surface area (Å²) < 4.78 is 5.46. The smallest absolute Gasteiger partial charge is 0.305 e. The van der Waals surface area contributed by atoms with Crippen LogP contribution in [-0.2, 0) is 14.3 Å². The molecule has 0 aliphatic rings. The fourth-order valence-electron chi connectivity index (χ4n) is 8.85. The predicted molar refractivity (Wildman–Crippen MR) is 278 cm³/mol. The molecule has 0 saturated carbocycles. The largest absolute Gasteiger partial charge is 0.466 e. The van der Waals surface area contributed by atoms with Crippen molar-refractivity contribution in [2.24, 2.45) is 0 Å². The summed E-state index contributed by atoms with van der Waals surface area (Å²) in [7, 11) is 0. The Balaban J connectivity index is 3.36. The molecule has 0 aromatic rings. The van der Waals surface area contributed by atoms with Gasteiger partial charge in [0.05, 0.1) is 25.4 Å². The highest BCUT2D eigenvalue weighted by Crippen LogP contribution is 2.17. The summed E-state index contributed by atoms with van der Waals surface area (Å²) in [5.41, 5.74) is 0. The average molecular weight is 903 g/mol. The molecule has 0 aromatic heterocycles. The number of nitrogens with one attached hydrogen (secondary N) is 1. The van der Waals surface area contributed by atoms with Crippen molar-refractivity contribution in [2.75, 3.05) is 13.2 Å². The Morgan fingerprint density at radius 1 is 0.438 bits per heavy atom. The van der Waals surface area contributed by atoms with E-state index in [9.17, 15) is 19.8 Å². The summed E-state index contributed by atoms with van der Waals surface area (Å²) in [6.07, 6.45) is 64.6. The van der Waals surface area contributed by atoms with E-state index in [1.807, 2.05) is 0 Å². The van der Waals surface area contributed by atoms with Crippen LogP contribution in [0.5, 0.6) is 0 Å². The first-order valence-electron chi connectivity index (χ1n) is 28.6. The van der Waals surface area contributed by atoms with Crippen LogP contribution in [0.2, 0.25) is 0 Å². The van der Waals surface area contributed by atoms with Gasteiger partial charge in [-0.1, -0.05) is 269 Å². The van der Waals surface area contributed by atoms with Gasteiger partial charge in [-0.25, -0.2) is 0 Å². The Morgan fingerprint density at radius 2 is 0.812 bits per heavy atom. The molecule has 64 heavy (non-hydrogen) atoms. The number of carbonyl (C=O) groups is 2. The van der Waals surface area contributed by atoms with Crippen molar-refractivity contribution in [1.29, 1.82) is 0 Å². The van der Waals surface area contributed by atoms with Crippen molar-refractivity contribution in [3.05, 3.63) is 24.3 Å². The lowest BCUT2D eigenvalue weighted by Crippen LogP contribution is -2.45. The highest BCUT2D eigenvalue weighted by Gasteiger charge is 2.20. The standard InChI is InChI=1S/C58H111NO5/c1-3-5-7-9-11-13-15-27-32-36-40-44-48-52-58(63)64-53-49-45-41-37-33-29-26-24-22-20-18-16-17-19-21-23-25-28-31-35-39-43-47-51-57(62)59-55(54-60)56(61)50-46-42-38-34-30-14-12-10-8-6-4-2/h7,9,13,15,55-56,60-61H,3-6,8,10-12,14,16-54H2,1-2H3,(H,59,62)/b9-7-,15-13-. The minimum atomic E-state index is -0.662. The Labute approximate surface area is 399 Å². The van der Waals surface area contributed by atoms with Crippen molar-refractivity contribution in [3.63, 3.8) is 0 Å². The molecular formula is C58H111NO5. The number of hydrogen-bond acceptors (Lipinski definition) is 5. The Kier molecular flexibility index (Phi) is 52.6. The van der Waals surface area contributed by atoms with Crippen LogP contribution >= 0.6 is 0 Å². The second-order valence-corrected chi connectivity index (χ2v) is 19.6. The molecule has 1 amide bonds. The van der Waals surface area contributed by atoms with Crippen molar-refractivity contribution in [1.82, 2.24) is 5.32 Å². The molecule has 0 bridgehead atoms. The number of unbranched alkanes of at least 4 members (excludes halogenated alkanes) is 38. The van der Waals surface area contributed by atoms with Gasteiger partial charge in [0.2, 0.25) is 5.91 Å². The van der Waals surface area contributed by atoms with Gasteiger partial charge in [-0.05, 0) is 51.4 Å². The summed E-state index contributed by atoms with van der Waals surface area (Å²) in [4.78, 5) is 24.4. The Morgan fingerprint density at radius 3 is 1.25 bits per heavy atom. The van der Waals surface area contributed by atoms with Crippen LogP contribution in [0.25, 0.3) is 0 Å². The maximum Gasteiger partial charge on any atom is 0.305 e. The minimum absolute atomic E-state index is 0.00102. The van der Waals surface area contributed by atoms with Gasteiger partial charge in [-0.2, -0.15) is 0 Å². The Bertz CT molecular complexity index is 997. The van der Waals surface area contributed by atoms with Crippen molar-refractivity contribution in [2.45, 2.75) is 321 Å². The average Bonchev–Trinajstić information content (AvgIpc) is 3.29. The van der Waals surface area contributed by atoms with Crippen LogP contribution in [0.1, 0.15) is 309 Å². The second-order valence-electron chi connectivity index (χ2n) is 19.6. The van der Waals surface area contributed by atoms with E-state index in [-0.39, 0.29) is 18.5 Å². The van der Waals surface area contributed by atoms with Crippen LogP contribution in [0.15, 0.2) is 24.3 Å². The van der Waals surface area contributed by atoms with Crippen molar-refractivity contribution in [3.8, 4) is 0 Å². The van der Waals surface area contributed by atoms with E-state index in [2.05, 4.69) is 43.5 Å². The number of esters is 1. The monoisotopic (exact) mass is 902 g/mol. The molecule has 0 spiro atoms. The minimum Gasteiger partial charge on any atom is -0.466 e. The van der Waals surface area contributed by atoms with E-state index < -0.39 is 12.1 Å². The zero-order valence-electron chi connectivity index (χ0n) is 43.0. The third-order valence-corrected chi connectivity index (χ3v) is 13.2. The molecular weight excluding hydrogens is 791 g/mol. The molecule has 0 radical (unpaired) electrons. The molecule has 0 saturated heterocycles. The third-order valence-electron chi connectivity index (χ3n) is 13.2. The molecule has 0 heterocycles. The van der Waals surface area contributed by atoms with Gasteiger partial charge >= 0.3 is 5.97 Å². The van der Waals surface area contributed by atoms with Crippen LogP contribution in [0.3, 0.4) is 0 Å². The fourth-order valence-corrected chi connectivity index (χ4v) is 8.85. The van der Waals surface area contributed by atoms with Gasteiger partial charge in [0.15, 0.2) is 0 Å². The van der Waals surface area contributed by atoms with Gasteiger partial charge in [0, 0.05) is 12.8 Å². The normalized spacial score (nSPS) is 12.8. The topological polar surface area (TPSA) is 95.9 Å². The highest BCUT2D eigenvalue weighted by atomic mass is 16.5. The quantitative estimate of drug-likeness (QED) is 0.0321. The van der Waals surface area contributed by atoms with Crippen LogP contribution < -0.4 is 5.32 Å². The molecule has 6 heteroatoms. The third kappa shape index (κ3) is 49.8. The number of ether oxygens (including phenoxy) is 1. The SMILES string of the molecule is CCC/C=C\C/C=C\CCCCCCCC(=O)OCCCCCCCCCCCCCCCCCCCCCCCCCC(=O)NC(CO)C(O)CCCCCCCCCCCCC. The number of rotatable bonds is 53. The van der Waals surface area contributed by atoms with E-state index >= 15 is 0 Å². The summed E-state index contributed by atoms with van der Waals surface area (Å²) in [5, 5.41) is 23.2. The van der Waals surface area contributed by atoms with Crippen molar-refractivity contribution < 1.29 is 24.5 Å². The Hall–Kier alpha value is -1.66. The highest BCUT2D eigenvalue weighted by molar-refractivity contribution is 5.76. The van der Waals surface area contributed by atoms with E-state index in [1.165, 1.54) is 225 Å². The van der Waals surface area contributed by atoms with E-state index in [4.69, 9.17) is 4.74 Å². The summed E-state index contributed by atoms with van der Waals surface area (Å²) in [6, 6.07) is -0.539. The molecule has 0 rings (SSSR count). The van der Waals surface area contributed by atoms with Gasteiger partial charge in [0.25, 0.3) is 0 Å². The number of carbonyl (C=O) groups excluding carboxylic acids is 2. The zero-order valence-corrected chi connectivity index (χ0v) is 43.0. The predicted octanol–water partition coefficient (Wildman–Crippen LogP) is 17.5. The zero-order chi connectivity index (χ0) is 46.5. The first-order chi connectivity index (χ1) is 31.5. The van der Waals surface area contributed by atoms with E-state index in [1.54, 1.807) is 0 Å². The molecule has 2 atom stereocenters. The molecule has 3 N–H and O–H groups in total. The fraction of sp³-hybridized carbons (Fsp3) is 0.897. The molecule has 0 aromatic carbocycles. The molecule has 0 fully saturated rings. The van der Waals surface area contributed by atoms with Crippen molar-refractivity contribution >= 4 is 11.9 Å².